The van der Waals surface area contributed by atoms with E-state index in [1.165, 1.54) is 63.4 Å². The van der Waals surface area contributed by atoms with Crippen molar-refractivity contribution in [2.24, 2.45) is 29.1 Å². The van der Waals surface area contributed by atoms with Gasteiger partial charge in [-0.3, -0.25) is 9.59 Å². The minimum absolute atomic E-state index is 0.0437. The van der Waals surface area contributed by atoms with Crippen molar-refractivity contribution in [3.05, 3.63) is 11.6 Å². The number of carbonyl (C=O) groups excluding carboxylic acids is 2. The van der Waals surface area contributed by atoms with Gasteiger partial charge in [-0.25, -0.2) is 0 Å². The molecule has 6 atom stereocenters. The molecule has 4 aliphatic carbocycles. The van der Waals surface area contributed by atoms with Crippen molar-refractivity contribution in [2.45, 2.75) is 123 Å². The van der Waals surface area contributed by atoms with Crippen LogP contribution in [0.1, 0.15) is 117 Å². The first-order valence-electron chi connectivity index (χ1n) is 13.5. The number of ketones is 1. The molecule has 0 bridgehead atoms. The van der Waals surface area contributed by atoms with Crippen molar-refractivity contribution in [3.63, 3.8) is 0 Å². The number of rotatable bonds is 9. The Kier molecular flexibility index (Phi) is 7.60. The lowest BCUT2D eigenvalue weighted by atomic mass is 9.52. The molecule has 0 unspecified atom stereocenters. The van der Waals surface area contributed by atoms with Gasteiger partial charge in [-0.15, -0.1) is 0 Å². The van der Waals surface area contributed by atoms with Crippen LogP contribution in [0.15, 0.2) is 11.6 Å². The summed E-state index contributed by atoms with van der Waals surface area (Å²) in [5.41, 5.74) is 1.62. The number of unbranched alkanes of at least 4 members (excludes halogenated alkanes) is 6. The summed E-state index contributed by atoms with van der Waals surface area (Å²) >= 11 is 0. The van der Waals surface area contributed by atoms with E-state index >= 15 is 0 Å². The van der Waals surface area contributed by atoms with Gasteiger partial charge in [0.25, 0.3) is 0 Å². The Labute approximate surface area is 189 Å². The molecule has 0 saturated heterocycles. The van der Waals surface area contributed by atoms with E-state index in [1.807, 2.05) is 6.08 Å². The minimum atomic E-state index is 0.0437. The Hall–Kier alpha value is -1.12. The van der Waals surface area contributed by atoms with Gasteiger partial charge in [-0.05, 0) is 81.1 Å². The van der Waals surface area contributed by atoms with Gasteiger partial charge in [0.1, 0.15) is 6.10 Å². The molecule has 0 aromatic heterocycles. The second-order valence-corrected chi connectivity index (χ2v) is 11.3. The monoisotopic (exact) mass is 428 g/mol. The number of fused-ring (bicyclic) bond motifs is 5. The highest BCUT2D eigenvalue weighted by Crippen LogP contribution is 2.62. The largest absolute Gasteiger partial charge is 0.462 e. The summed E-state index contributed by atoms with van der Waals surface area (Å²) in [6.45, 7) is 4.67. The van der Waals surface area contributed by atoms with E-state index in [9.17, 15) is 9.59 Å². The van der Waals surface area contributed by atoms with E-state index in [1.54, 1.807) is 0 Å². The lowest BCUT2D eigenvalue weighted by Crippen LogP contribution is -2.48. The molecule has 0 heterocycles. The van der Waals surface area contributed by atoms with E-state index in [-0.39, 0.29) is 17.5 Å². The van der Waals surface area contributed by atoms with E-state index in [0.717, 1.165) is 50.4 Å². The maximum absolute atomic E-state index is 12.6. The summed E-state index contributed by atoms with van der Waals surface area (Å²) in [7, 11) is 0. The van der Waals surface area contributed by atoms with Crippen LogP contribution in [-0.2, 0) is 14.3 Å². The molecular weight excluding hydrogens is 384 g/mol. The van der Waals surface area contributed by atoms with Crippen molar-refractivity contribution in [2.75, 3.05) is 0 Å². The number of ether oxygens (including phenoxy) is 1. The number of hydrogen-bond donors (Lipinski definition) is 0. The molecule has 31 heavy (non-hydrogen) atoms. The smallest absolute Gasteiger partial charge is 0.306 e. The molecule has 0 aliphatic heterocycles. The standard InChI is InChI=1S/C28H44O3/c1-3-4-5-6-7-8-9-10-27(30)31-26-16-15-25-24-13-11-20-19-21(29)12-14-22(20)23(24)17-18-28(25,26)2/h19,22-26H,3-18H2,1-2H3/t22-,23+,24+,25+,26+,28+/m0/s1. The molecule has 3 saturated carbocycles. The van der Waals surface area contributed by atoms with Crippen LogP contribution in [0.4, 0.5) is 0 Å². The zero-order chi connectivity index (χ0) is 21.8. The average molecular weight is 429 g/mol. The fraction of sp³-hybridized carbons (Fsp3) is 0.857. The van der Waals surface area contributed by atoms with Crippen LogP contribution in [-0.4, -0.2) is 17.9 Å². The molecule has 0 aromatic rings. The summed E-state index contributed by atoms with van der Waals surface area (Å²) in [6, 6.07) is 0. The molecular formula is C28H44O3. The lowest BCUT2D eigenvalue weighted by molar-refractivity contribution is -0.159. The molecule has 0 amide bonds. The zero-order valence-corrected chi connectivity index (χ0v) is 20.0. The Morgan fingerprint density at radius 2 is 1.74 bits per heavy atom. The maximum atomic E-state index is 12.6. The fourth-order valence-corrected chi connectivity index (χ4v) is 7.77. The predicted molar refractivity (Wildman–Crippen MR) is 125 cm³/mol. The van der Waals surface area contributed by atoms with Crippen LogP contribution in [0, 0.1) is 29.1 Å². The predicted octanol–water partition coefficient (Wildman–Crippen LogP) is 7.18. The Balaban J connectivity index is 1.27. The second kappa shape index (κ2) is 10.2. The van der Waals surface area contributed by atoms with Crippen LogP contribution in [0.5, 0.6) is 0 Å². The summed E-state index contributed by atoms with van der Waals surface area (Å²) < 4.78 is 6.13. The van der Waals surface area contributed by atoms with Crippen LogP contribution >= 0.6 is 0 Å². The van der Waals surface area contributed by atoms with Gasteiger partial charge in [0.15, 0.2) is 5.78 Å². The van der Waals surface area contributed by atoms with Crippen molar-refractivity contribution >= 4 is 11.8 Å². The van der Waals surface area contributed by atoms with E-state index in [2.05, 4.69) is 13.8 Å². The molecule has 4 rings (SSSR count). The van der Waals surface area contributed by atoms with Gasteiger partial charge < -0.3 is 4.74 Å². The van der Waals surface area contributed by atoms with E-state index in [0.29, 0.717) is 24.0 Å². The summed E-state index contributed by atoms with van der Waals surface area (Å²) in [6.07, 6.45) is 20.3. The summed E-state index contributed by atoms with van der Waals surface area (Å²) in [5.74, 6) is 3.26. The highest BCUT2D eigenvalue weighted by atomic mass is 16.5. The molecule has 0 N–H and O–H groups in total. The topological polar surface area (TPSA) is 43.4 Å². The molecule has 4 aliphatic rings. The Morgan fingerprint density at radius 3 is 2.55 bits per heavy atom. The van der Waals surface area contributed by atoms with E-state index in [4.69, 9.17) is 4.74 Å². The Morgan fingerprint density at radius 1 is 0.968 bits per heavy atom. The van der Waals surface area contributed by atoms with Gasteiger partial charge in [-0.1, -0.05) is 57.9 Å². The molecule has 3 heteroatoms. The first kappa shape index (κ1) is 23.1. The van der Waals surface area contributed by atoms with Crippen LogP contribution in [0.3, 0.4) is 0 Å². The van der Waals surface area contributed by atoms with Crippen molar-refractivity contribution in [3.8, 4) is 0 Å². The molecule has 174 valence electrons. The third-order valence-electron chi connectivity index (χ3n) is 9.47. The molecule has 0 radical (unpaired) electrons. The number of esters is 1. The van der Waals surface area contributed by atoms with Gasteiger partial charge in [0.2, 0.25) is 0 Å². The van der Waals surface area contributed by atoms with Gasteiger partial charge in [0.05, 0.1) is 0 Å². The van der Waals surface area contributed by atoms with Crippen LogP contribution in [0.2, 0.25) is 0 Å². The van der Waals surface area contributed by atoms with Gasteiger partial charge in [-0.2, -0.15) is 0 Å². The molecule has 0 spiro atoms. The highest BCUT2D eigenvalue weighted by Gasteiger charge is 2.57. The second-order valence-electron chi connectivity index (χ2n) is 11.3. The average Bonchev–Trinajstić information content (AvgIpc) is 3.09. The normalized spacial score (nSPS) is 36.9. The lowest BCUT2D eigenvalue weighted by Gasteiger charge is -2.53. The molecule has 3 nitrogen and oxygen atoms in total. The first-order chi connectivity index (χ1) is 15.0. The van der Waals surface area contributed by atoms with Crippen molar-refractivity contribution < 1.29 is 14.3 Å². The number of hydrogen-bond acceptors (Lipinski definition) is 3. The third-order valence-corrected chi connectivity index (χ3v) is 9.47. The number of carbonyl (C=O) groups is 2. The fourth-order valence-electron chi connectivity index (χ4n) is 7.77. The maximum Gasteiger partial charge on any atom is 0.306 e. The third kappa shape index (κ3) is 4.96. The molecule has 0 aromatic carbocycles. The highest BCUT2D eigenvalue weighted by molar-refractivity contribution is 5.91. The van der Waals surface area contributed by atoms with Crippen LogP contribution < -0.4 is 0 Å². The van der Waals surface area contributed by atoms with Crippen LogP contribution in [0.25, 0.3) is 0 Å². The quantitative estimate of drug-likeness (QED) is 0.288. The summed E-state index contributed by atoms with van der Waals surface area (Å²) in [4.78, 5) is 24.5. The van der Waals surface area contributed by atoms with Crippen molar-refractivity contribution in [1.82, 2.24) is 0 Å². The summed E-state index contributed by atoms with van der Waals surface area (Å²) in [5, 5.41) is 0. The molecule has 3 fully saturated rings. The zero-order valence-electron chi connectivity index (χ0n) is 20.0. The SMILES string of the molecule is CCCCCCCCCC(=O)O[C@@H]1CC[C@@H]2[C@@H]3CCC4=CC(=O)CC[C@@H]4[C@H]3CC[C@]21C. The van der Waals surface area contributed by atoms with E-state index < -0.39 is 0 Å². The van der Waals surface area contributed by atoms with Crippen molar-refractivity contribution in [1.29, 1.82) is 0 Å². The minimum Gasteiger partial charge on any atom is -0.462 e. The van der Waals surface area contributed by atoms with Gasteiger partial charge in [0, 0.05) is 18.3 Å². The Bertz CT molecular complexity index is 680. The first-order valence-corrected chi connectivity index (χ1v) is 13.5. The van der Waals surface area contributed by atoms with Gasteiger partial charge >= 0.3 is 5.97 Å². The number of allylic oxidation sites excluding steroid dienone is 1.